The molecule has 2 aromatic rings. The van der Waals surface area contributed by atoms with E-state index in [1.165, 1.54) is 0 Å². The summed E-state index contributed by atoms with van der Waals surface area (Å²) in [5.74, 6) is 0.843. The Labute approximate surface area is 115 Å². The van der Waals surface area contributed by atoms with Crippen LogP contribution in [0, 0.1) is 0 Å². The number of aromatic nitrogens is 1. The number of rotatable bonds is 5. The maximum atomic E-state index is 5.68. The summed E-state index contributed by atoms with van der Waals surface area (Å²) in [5.41, 5.74) is 7.71. The lowest BCUT2D eigenvalue weighted by atomic mass is 10.2. The Hall–Kier alpha value is -1.39. The molecule has 2 rings (SSSR count). The van der Waals surface area contributed by atoms with Crippen LogP contribution in [0.5, 0.6) is 5.75 Å². The highest BCUT2D eigenvalue weighted by molar-refractivity contribution is 9.10. The second-order valence-corrected chi connectivity index (χ2v) is 4.73. The minimum Gasteiger partial charge on any atom is -0.493 e. The molecule has 0 saturated carbocycles. The van der Waals surface area contributed by atoms with Gasteiger partial charge in [0.15, 0.2) is 0 Å². The number of ether oxygens (including phenoxy) is 1. The maximum absolute atomic E-state index is 5.68. The highest BCUT2D eigenvalue weighted by atomic mass is 79.9. The van der Waals surface area contributed by atoms with Gasteiger partial charge in [-0.1, -0.05) is 28.1 Å². The largest absolute Gasteiger partial charge is 0.493 e. The van der Waals surface area contributed by atoms with E-state index in [0.29, 0.717) is 13.2 Å². The number of hydrogen-bond donors (Lipinski definition) is 1. The monoisotopic (exact) mass is 306 g/mol. The van der Waals surface area contributed by atoms with Crippen LogP contribution in [0.3, 0.4) is 0 Å². The van der Waals surface area contributed by atoms with Crippen molar-refractivity contribution in [1.82, 2.24) is 4.98 Å². The molecule has 0 amide bonds. The molecule has 4 heteroatoms. The minimum absolute atomic E-state index is 0.523. The summed E-state index contributed by atoms with van der Waals surface area (Å²) in [4.78, 5) is 4.25. The highest BCUT2D eigenvalue weighted by Gasteiger charge is 2.01. The molecular weight excluding hydrogens is 292 g/mol. The van der Waals surface area contributed by atoms with Crippen LogP contribution >= 0.6 is 15.9 Å². The summed E-state index contributed by atoms with van der Waals surface area (Å²) in [6.45, 7) is 1.14. The van der Waals surface area contributed by atoms with E-state index >= 15 is 0 Å². The zero-order valence-corrected chi connectivity index (χ0v) is 11.6. The van der Waals surface area contributed by atoms with E-state index in [-0.39, 0.29) is 0 Å². The molecule has 0 fully saturated rings. The van der Waals surface area contributed by atoms with Crippen molar-refractivity contribution in [2.75, 3.05) is 6.61 Å². The van der Waals surface area contributed by atoms with Gasteiger partial charge in [0, 0.05) is 29.3 Å². The number of pyridine rings is 1. The lowest BCUT2D eigenvalue weighted by Gasteiger charge is -2.08. The molecule has 0 saturated heterocycles. The van der Waals surface area contributed by atoms with Crippen molar-refractivity contribution in [3.05, 3.63) is 58.3 Å². The van der Waals surface area contributed by atoms with Crippen molar-refractivity contribution in [3.8, 4) is 5.75 Å². The molecule has 2 N–H and O–H groups in total. The molecule has 0 bridgehead atoms. The van der Waals surface area contributed by atoms with Gasteiger partial charge in [-0.2, -0.15) is 0 Å². The summed E-state index contributed by atoms with van der Waals surface area (Å²) in [7, 11) is 0. The number of nitrogens with two attached hydrogens (primary N) is 1. The Morgan fingerprint density at radius 2 is 2.11 bits per heavy atom. The van der Waals surface area contributed by atoms with Crippen LogP contribution in [-0.4, -0.2) is 11.6 Å². The summed E-state index contributed by atoms with van der Waals surface area (Å²) in [5, 5.41) is 0. The van der Waals surface area contributed by atoms with Crippen LogP contribution < -0.4 is 10.5 Å². The predicted molar refractivity (Wildman–Crippen MR) is 75.5 cm³/mol. The van der Waals surface area contributed by atoms with Gasteiger partial charge in [-0.15, -0.1) is 0 Å². The zero-order valence-electron chi connectivity index (χ0n) is 9.97. The van der Waals surface area contributed by atoms with Gasteiger partial charge < -0.3 is 10.5 Å². The van der Waals surface area contributed by atoms with Gasteiger partial charge >= 0.3 is 0 Å². The van der Waals surface area contributed by atoms with Crippen molar-refractivity contribution in [1.29, 1.82) is 0 Å². The molecule has 18 heavy (non-hydrogen) atoms. The molecule has 94 valence electrons. The fourth-order valence-corrected chi connectivity index (χ4v) is 2.12. The molecule has 1 aromatic heterocycles. The Morgan fingerprint density at radius 1 is 1.22 bits per heavy atom. The second kappa shape index (κ2) is 6.52. The summed E-state index contributed by atoms with van der Waals surface area (Å²) < 4.78 is 6.67. The first-order valence-electron chi connectivity index (χ1n) is 5.81. The molecule has 0 atom stereocenters. The van der Waals surface area contributed by atoms with E-state index in [4.69, 9.17) is 10.5 Å². The second-order valence-electron chi connectivity index (χ2n) is 3.88. The average Bonchev–Trinajstić information content (AvgIpc) is 2.40. The van der Waals surface area contributed by atoms with E-state index in [9.17, 15) is 0 Å². The SMILES string of the molecule is NCc1ccc(OCCc2ccccn2)cc1Br. The van der Waals surface area contributed by atoms with Gasteiger partial charge in [-0.05, 0) is 29.8 Å². The van der Waals surface area contributed by atoms with Crippen LogP contribution in [0.4, 0.5) is 0 Å². The van der Waals surface area contributed by atoms with Crippen molar-refractivity contribution < 1.29 is 4.74 Å². The van der Waals surface area contributed by atoms with Crippen LogP contribution in [0.1, 0.15) is 11.3 Å². The van der Waals surface area contributed by atoms with Gasteiger partial charge in [0.1, 0.15) is 5.75 Å². The molecule has 0 radical (unpaired) electrons. The number of nitrogens with zero attached hydrogens (tertiary/aromatic N) is 1. The lowest BCUT2D eigenvalue weighted by molar-refractivity contribution is 0.320. The van der Waals surface area contributed by atoms with E-state index in [0.717, 1.165) is 27.9 Å². The fraction of sp³-hybridized carbons (Fsp3) is 0.214. The predicted octanol–water partition coefficient (Wildman–Crippen LogP) is 2.92. The summed E-state index contributed by atoms with van der Waals surface area (Å²) in [6.07, 6.45) is 2.60. The van der Waals surface area contributed by atoms with E-state index in [2.05, 4.69) is 20.9 Å². The molecule has 0 aliphatic rings. The molecule has 1 aromatic carbocycles. The quantitative estimate of drug-likeness (QED) is 0.924. The Bertz CT molecular complexity index is 502. The Kier molecular flexibility index (Phi) is 4.73. The first kappa shape index (κ1) is 13.1. The molecule has 0 aliphatic heterocycles. The van der Waals surface area contributed by atoms with Gasteiger partial charge in [0.05, 0.1) is 6.61 Å². The van der Waals surface area contributed by atoms with Crippen LogP contribution in [-0.2, 0) is 13.0 Å². The lowest BCUT2D eigenvalue weighted by Crippen LogP contribution is -2.03. The van der Waals surface area contributed by atoms with Crippen molar-refractivity contribution in [2.45, 2.75) is 13.0 Å². The van der Waals surface area contributed by atoms with Gasteiger partial charge in [0.25, 0.3) is 0 Å². The molecule has 0 aliphatic carbocycles. The molecular formula is C14H15BrN2O. The average molecular weight is 307 g/mol. The third-order valence-corrected chi connectivity index (χ3v) is 3.34. The minimum atomic E-state index is 0.523. The molecule has 1 heterocycles. The third-order valence-electron chi connectivity index (χ3n) is 2.60. The first-order chi connectivity index (χ1) is 8.79. The topological polar surface area (TPSA) is 48.1 Å². The number of hydrogen-bond acceptors (Lipinski definition) is 3. The van der Waals surface area contributed by atoms with Crippen LogP contribution in [0.2, 0.25) is 0 Å². The first-order valence-corrected chi connectivity index (χ1v) is 6.60. The normalized spacial score (nSPS) is 10.3. The van der Waals surface area contributed by atoms with Gasteiger partial charge in [-0.25, -0.2) is 0 Å². The number of benzene rings is 1. The fourth-order valence-electron chi connectivity index (χ4n) is 1.60. The Balaban J connectivity index is 1.89. The zero-order chi connectivity index (χ0) is 12.8. The molecule has 0 unspecified atom stereocenters. The van der Waals surface area contributed by atoms with Crippen LogP contribution in [0.15, 0.2) is 47.1 Å². The highest BCUT2D eigenvalue weighted by Crippen LogP contribution is 2.22. The van der Waals surface area contributed by atoms with E-state index in [1.54, 1.807) is 6.20 Å². The van der Waals surface area contributed by atoms with Crippen LogP contribution in [0.25, 0.3) is 0 Å². The van der Waals surface area contributed by atoms with Crippen molar-refractivity contribution in [3.63, 3.8) is 0 Å². The van der Waals surface area contributed by atoms with E-state index < -0.39 is 0 Å². The molecule has 3 nitrogen and oxygen atoms in total. The van der Waals surface area contributed by atoms with Crippen molar-refractivity contribution in [2.24, 2.45) is 5.73 Å². The van der Waals surface area contributed by atoms with Gasteiger partial charge in [-0.3, -0.25) is 4.98 Å². The van der Waals surface area contributed by atoms with Crippen molar-refractivity contribution >= 4 is 15.9 Å². The third kappa shape index (κ3) is 3.55. The number of halogens is 1. The Morgan fingerprint density at radius 3 is 2.78 bits per heavy atom. The van der Waals surface area contributed by atoms with Gasteiger partial charge in [0.2, 0.25) is 0 Å². The summed E-state index contributed by atoms with van der Waals surface area (Å²) >= 11 is 3.47. The van der Waals surface area contributed by atoms with E-state index in [1.807, 2.05) is 36.4 Å². The summed E-state index contributed by atoms with van der Waals surface area (Å²) in [6, 6.07) is 11.7. The smallest absolute Gasteiger partial charge is 0.120 e. The molecule has 0 spiro atoms. The standard InChI is InChI=1S/C14H15BrN2O/c15-14-9-13(5-4-11(14)10-16)18-8-6-12-3-1-2-7-17-12/h1-5,7,9H,6,8,10,16H2. The maximum Gasteiger partial charge on any atom is 0.120 e.